The van der Waals surface area contributed by atoms with E-state index in [1.807, 2.05) is 13.8 Å². The zero-order valence-corrected chi connectivity index (χ0v) is 17.9. The monoisotopic (exact) mass is 438 g/mol. The molecule has 0 aliphatic carbocycles. The highest BCUT2D eigenvalue weighted by molar-refractivity contribution is 7.80. The molecular formula is C16H30N4O6S2. The lowest BCUT2D eigenvalue weighted by atomic mass is 10.0. The maximum Gasteiger partial charge on any atom is 0.326 e. The van der Waals surface area contributed by atoms with Gasteiger partial charge in [-0.1, -0.05) is 13.8 Å². The number of nitrogens with two attached hydrogens (primary N) is 1. The van der Waals surface area contributed by atoms with E-state index in [-0.39, 0.29) is 23.8 Å². The fourth-order valence-electron chi connectivity index (χ4n) is 2.17. The van der Waals surface area contributed by atoms with Crippen molar-refractivity contribution < 1.29 is 29.4 Å². The predicted molar refractivity (Wildman–Crippen MR) is 110 cm³/mol. The topological polar surface area (TPSA) is 171 Å². The minimum absolute atomic E-state index is 0.0244. The Bertz CT molecular complexity index is 561. The van der Waals surface area contributed by atoms with Gasteiger partial charge in [-0.15, -0.1) is 0 Å². The third-order valence-corrected chi connectivity index (χ3v) is 4.49. The summed E-state index contributed by atoms with van der Waals surface area (Å²) in [6.45, 7) is 4.91. The summed E-state index contributed by atoms with van der Waals surface area (Å²) < 4.78 is 0. The van der Waals surface area contributed by atoms with E-state index in [0.29, 0.717) is 0 Å². The van der Waals surface area contributed by atoms with Crippen LogP contribution in [0.2, 0.25) is 0 Å². The van der Waals surface area contributed by atoms with Crippen molar-refractivity contribution in [3.8, 4) is 0 Å². The molecule has 7 N–H and O–H groups in total. The predicted octanol–water partition coefficient (Wildman–Crippen LogP) is -1.86. The molecule has 0 aromatic heterocycles. The lowest BCUT2D eigenvalue weighted by Gasteiger charge is -2.26. The maximum absolute atomic E-state index is 12.4. The van der Waals surface area contributed by atoms with Crippen LogP contribution in [0.5, 0.6) is 0 Å². The zero-order chi connectivity index (χ0) is 22.0. The maximum atomic E-state index is 12.4. The number of amides is 3. The van der Waals surface area contributed by atoms with E-state index in [1.165, 1.54) is 6.92 Å². The quantitative estimate of drug-likeness (QED) is 0.165. The number of aliphatic hydroxyl groups is 1. The summed E-state index contributed by atoms with van der Waals surface area (Å²) >= 11 is 7.90. The number of carbonyl (C=O) groups is 4. The zero-order valence-electron chi connectivity index (χ0n) is 16.1. The van der Waals surface area contributed by atoms with Crippen LogP contribution in [0, 0.1) is 5.92 Å². The van der Waals surface area contributed by atoms with Gasteiger partial charge in [-0.3, -0.25) is 14.4 Å². The van der Waals surface area contributed by atoms with E-state index in [0.717, 1.165) is 0 Å². The number of nitrogens with one attached hydrogen (secondary N) is 3. The van der Waals surface area contributed by atoms with E-state index in [1.54, 1.807) is 0 Å². The summed E-state index contributed by atoms with van der Waals surface area (Å²) in [5.74, 6) is -3.52. The van der Waals surface area contributed by atoms with Crippen molar-refractivity contribution in [2.24, 2.45) is 11.7 Å². The molecule has 0 fully saturated rings. The van der Waals surface area contributed by atoms with Gasteiger partial charge in [0.15, 0.2) is 0 Å². The summed E-state index contributed by atoms with van der Waals surface area (Å²) in [7, 11) is 0. The van der Waals surface area contributed by atoms with Crippen molar-refractivity contribution in [2.45, 2.75) is 57.5 Å². The van der Waals surface area contributed by atoms with E-state index in [4.69, 9.17) is 5.73 Å². The minimum atomic E-state index is -1.36. The Morgan fingerprint density at radius 3 is 1.82 bits per heavy atom. The molecule has 3 amide bonds. The molecule has 0 rings (SSSR count). The van der Waals surface area contributed by atoms with Gasteiger partial charge < -0.3 is 31.9 Å². The van der Waals surface area contributed by atoms with Crippen molar-refractivity contribution in [2.75, 3.05) is 11.5 Å². The summed E-state index contributed by atoms with van der Waals surface area (Å²) in [6.07, 6.45) is -1.06. The lowest BCUT2D eigenvalue weighted by Crippen LogP contribution is -2.60. The van der Waals surface area contributed by atoms with E-state index >= 15 is 0 Å². The Morgan fingerprint density at radius 2 is 1.43 bits per heavy atom. The Labute approximate surface area is 175 Å². The number of aliphatic hydroxyl groups excluding tert-OH is 1. The van der Waals surface area contributed by atoms with Crippen LogP contribution in [0.3, 0.4) is 0 Å². The molecule has 0 aromatic rings. The van der Waals surface area contributed by atoms with Gasteiger partial charge in [0.1, 0.15) is 18.1 Å². The van der Waals surface area contributed by atoms with Crippen LogP contribution in [-0.2, 0) is 19.2 Å². The normalized spacial score (nSPS) is 16.4. The van der Waals surface area contributed by atoms with Crippen molar-refractivity contribution in [3.63, 3.8) is 0 Å². The Hall–Kier alpha value is -1.50. The first-order chi connectivity index (χ1) is 12.9. The average molecular weight is 439 g/mol. The van der Waals surface area contributed by atoms with E-state index in [9.17, 15) is 29.4 Å². The highest BCUT2D eigenvalue weighted by Crippen LogP contribution is 2.06. The molecule has 162 valence electrons. The van der Waals surface area contributed by atoms with Crippen molar-refractivity contribution >= 4 is 48.9 Å². The number of carbonyl (C=O) groups excluding carboxylic acids is 3. The summed E-state index contributed by atoms with van der Waals surface area (Å²) in [4.78, 5) is 47.9. The van der Waals surface area contributed by atoms with Gasteiger partial charge in [-0.25, -0.2) is 4.79 Å². The Balaban J connectivity index is 5.12. The van der Waals surface area contributed by atoms with Crippen LogP contribution < -0.4 is 21.7 Å². The van der Waals surface area contributed by atoms with Crippen LogP contribution in [0.25, 0.3) is 0 Å². The fourth-order valence-corrected chi connectivity index (χ4v) is 2.59. The molecular weight excluding hydrogens is 408 g/mol. The van der Waals surface area contributed by atoms with E-state index in [2.05, 4.69) is 41.2 Å². The highest BCUT2D eigenvalue weighted by Gasteiger charge is 2.31. The molecule has 10 nitrogen and oxygen atoms in total. The Kier molecular flexibility index (Phi) is 12.2. The molecule has 0 spiro atoms. The van der Waals surface area contributed by atoms with Crippen molar-refractivity contribution in [1.82, 2.24) is 16.0 Å². The van der Waals surface area contributed by atoms with Gasteiger partial charge in [-0.05, 0) is 19.3 Å². The second-order valence-corrected chi connectivity index (χ2v) is 7.52. The molecule has 5 atom stereocenters. The smallest absolute Gasteiger partial charge is 0.326 e. The Morgan fingerprint density at radius 1 is 0.893 bits per heavy atom. The highest BCUT2D eigenvalue weighted by atomic mass is 32.1. The number of carboxylic acids is 1. The van der Waals surface area contributed by atoms with Gasteiger partial charge >= 0.3 is 5.97 Å². The molecule has 0 aromatic carbocycles. The number of aliphatic carboxylic acids is 1. The first kappa shape index (κ1) is 26.5. The molecule has 0 bridgehead atoms. The molecule has 0 saturated carbocycles. The summed E-state index contributed by atoms with van der Waals surface area (Å²) in [6, 6.07) is -4.62. The van der Waals surface area contributed by atoms with Crippen LogP contribution in [-0.4, -0.2) is 75.7 Å². The van der Waals surface area contributed by atoms with Crippen molar-refractivity contribution in [1.29, 1.82) is 0 Å². The van der Waals surface area contributed by atoms with Gasteiger partial charge in [0, 0.05) is 11.5 Å². The number of hydrogen-bond acceptors (Lipinski definition) is 8. The molecule has 0 aliphatic rings. The van der Waals surface area contributed by atoms with Crippen molar-refractivity contribution in [3.05, 3.63) is 0 Å². The van der Waals surface area contributed by atoms with E-state index < -0.39 is 54.0 Å². The van der Waals surface area contributed by atoms with Crippen LogP contribution in [0.15, 0.2) is 0 Å². The third kappa shape index (κ3) is 9.13. The first-order valence-electron chi connectivity index (χ1n) is 8.73. The number of thiol groups is 2. The fraction of sp³-hybridized carbons (Fsp3) is 0.750. The first-order valence-corrected chi connectivity index (χ1v) is 10.00. The van der Waals surface area contributed by atoms with Crippen LogP contribution >= 0.6 is 25.3 Å². The second kappa shape index (κ2) is 12.9. The van der Waals surface area contributed by atoms with Gasteiger partial charge in [-0.2, -0.15) is 25.3 Å². The van der Waals surface area contributed by atoms with Gasteiger partial charge in [0.2, 0.25) is 17.7 Å². The standard InChI is InChI=1S/C16H30N4O6S2/c1-7(2)4-10(16(25)26)18-14(23)11(6-28)19-15(24)12(8(3)21)20-13(22)9(17)5-27/h7-12,21,27-28H,4-6,17H2,1-3H3,(H,18,23)(H,19,24)(H,20,22)(H,25,26). The molecule has 0 radical (unpaired) electrons. The molecule has 0 aliphatic heterocycles. The average Bonchev–Trinajstić information content (AvgIpc) is 2.61. The third-order valence-electron chi connectivity index (χ3n) is 3.73. The summed E-state index contributed by atoms with van der Waals surface area (Å²) in [5, 5.41) is 26.0. The second-order valence-electron chi connectivity index (χ2n) is 6.79. The van der Waals surface area contributed by atoms with Gasteiger partial charge in [0.05, 0.1) is 12.1 Å². The molecule has 12 heteroatoms. The SMILES string of the molecule is CC(C)CC(NC(=O)C(CS)NC(=O)C(NC(=O)C(N)CS)C(C)O)C(=O)O. The molecule has 0 saturated heterocycles. The van der Waals surface area contributed by atoms with Gasteiger partial charge in [0.25, 0.3) is 0 Å². The lowest BCUT2D eigenvalue weighted by molar-refractivity contribution is -0.142. The molecule has 28 heavy (non-hydrogen) atoms. The minimum Gasteiger partial charge on any atom is -0.480 e. The van der Waals surface area contributed by atoms with Crippen LogP contribution in [0.4, 0.5) is 0 Å². The largest absolute Gasteiger partial charge is 0.480 e. The molecule has 5 unspecified atom stereocenters. The number of hydrogen-bond donors (Lipinski definition) is 8. The van der Waals surface area contributed by atoms with Crippen LogP contribution in [0.1, 0.15) is 27.2 Å². The molecule has 0 heterocycles. The number of rotatable bonds is 12. The summed E-state index contributed by atoms with van der Waals surface area (Å²) in [5.41, 5.74) is 5.53. The number of carboxylic acid groups (broad SMARTS) is 1.